The highest BCUT2D eigenvalue weighted by molar-refractivity contribution is 5.65. The lowest BCUT2D eigenvalue weighted by Crippen LogP contribution is -2.34. The molecule has 3 aromatic heterocycles. The number of likely N-dealkylation sites (tertiary alicyclic amines) is 1. The van der Waals surface area contributed by atoms with Crippen molar-refractivity contribution in [3.63, 3.8) is 0 Å². The summed E-state index contributed by atoms with van der Waals surface area (Å²) in [5.41, 5.74) is 4.17. The molecule has 150 valence electrons. The van der Waals surface area contributed by atoms with Crippen molar-refractivity contribution >= 4 is 0 Å². The minimum Gasteiger partial charge on any atom is -0.493 e. The number of hydrogen-bond donors (Lipinski definition) is 0. The fraction of sp³-hybridized carbons (Fsp3) is 0.364. The van der Waals surface area contributed by atoms with Gasteiger partial charge in [0.2, 0.25) is 0 Å². The number of nitrogens with zero attached hydrogens (tertiary/aromatic N) is 5. The molecule has 0 N–H and O–H groups in total. The van der Waals surface area contributed by atoms with E-state index in [0.717, 1.165) is 48.4 Å². The quantitative estimate of drug-likeness (QED) is 0.638. The Hall–Kier alpha value is -3.06. The van der Waals surface area contributed by atoms with Gasteiger partial charge < -0.3 is 9.47 Å². The fourth-order valence-electron chi connectivity index (χ4n) is 4.02. The SMILES string of the molecule is COc1ccnc(CN2CCC[C@H](c3ncncc3-c3ccncc3)C2)c1OC. The Bertz CT molecular complexity index is 951. The molecule has 1 fully saturated rings. The smallest absolute Gasteiger partial charge is 0.183 e. The van der Waals surface area contributed by atoms with Crippen LogP contribution in [0.2, 0.25) is 0 Å². The number of pyridine rings is 2. The van der Waals surface area contributed by atoms with Crippen LogP contribution in [0.4, 0.5) is 0 Å². The molecule has 1 aliphatic heterocycles. The van der Waals surface area contributed by atoms with Gasteiger partial charge in [-0.2, -0.15) is 0 Å². The van der Waals surface area contributed by atoms with Crippen LogP contribution in [0.5, 0.6) is 11.5 Å². The van der Waals surface area contributed by atoms with Gasteiger partial charge in [0.1, 0.15) is 12.0 Å². The highest BCUT2D eigenvalue weighted by Gasteiger charge is 2.26. The van der Waals surface area contributed by atoms with Crippen LogP contribution in [0.1, 0.15) is 30.1 Å². The molecule has 0 bridgehead atoms. The minimum absolute atomic E-state index is 0.339. The summed E-state index contributed by atoms with van der Waals surface area (Å²) in [6.07, 6.45) is 11.1. The summed E-state index contributed by atoms with van der Waals surface area (Å²) in [7, 11) is 3.30. The lowest BCUT2D eigenvalue weighted by atomic mass is 9.90. The first-order chi connectivity index (χ1) is 14.3. The number of ether oxygens (including phenoxy) is 2. The molecule has 4 rings (SSSR count). The van der Waals surface area contributed by atoms with Crippen molar-refractivity contribution in [2.24, 2.45) is 0 Å². The van der Waals surface area contributed by atoms with Crippen LogP contribution in [0.25, 0.3) is 11.1 Å². The number of hydrogen-bond acceptors (Lipinski definition) is 7. The third-order valence-electron chi connectivity index (χ3n) is 5.37. The normalized spacial score (nSPS) is 17.1. The van der Waals surface area contributed by atoms with E-state index in [1.807, 2.05) is 24.4 Å². The standard InChI is InChI=1S/C22H25N5O2/c1-28-20-7-10-25-19(22(20)29-2)14-27-11-3-4-17(13-27)21-18(12-24-15-26-21)16-5-8-23-9-6-16/h5-10,12,15,17H,3-4,11,13-14H2,1-2H3/t17-/m0/s1. The minimum atomic E-state index is 0.339. The van der Waals surface area contributed by atoms with Crippen LogP contribution in [0, 0.1) is 0 Å². The summed E-state index contributed by atoms with van der Waals surface area (Å²) < 4.78 is 11.0. The molecule has 0 aliphatic carbocycles. The van der Waals surface area contributed by atoms with Gasteiger partial charge in [0.25, 0.3) is 0 Å². The second-order valence-corrected chi connectivity index (χ2v) is 7.12. The predicted octanol–water partition coefficient (Wildman–Crippen LogP) is 3.33. The van der Waals surface area contributed by atoms with Gasteiger partial charge in [-0.3, -0.25) is 14.9 Å². The third kappa shape index (κ3) is 4.19. The van der Waals surface area contributed by atoms with E-state index in [1.54, 1.807) is 39.1 Å². The molecule has 0 aromatic carbocycles. The zero-order chi connectivity index (χ0) is 20.1. The summed E-state index contributed by atoms with van der Waals surface area (Å²) in [4.78, 5) is 20.0. The molecule has 1 saturated heterocycles. The first kappa shape index (κ1) is 19.3. The van der Waals surface area contributed by atoms with Crippen molar-refractivity contribution in [3.05, 3.63) is 60.7 Å². The molecule has 1 aliphatic rings. The Labute approximate surface area is 170 Å². The molecule has 0 unspecified atom stereocenters. The zero-order valence-corrected chi connectivity index (χ0v) is 16.8. The van der Waals surface area contributed by atoms with Gasteiger partial charge >= 0.3 is 0 Å². The van der Waals surface area contributed by atoms with Crippen molar-refractivity contribution in [3.8, 4) is 22.6 Å². The maximum absolute atomic E-state index is 5.56. The lowest BCUT2D eigenvalue weighted by Gasteiger charge is -2.33. The number of aromatic nitrogens is 4. The summed E-state index contributed by atoms with van der Waals surface area (Å²) >= 11 is 0. The largest absolute Gasteiger partial charge is 0.493 e. The van der Waals surface area contributed by atoms with Crippen molar-refractivity contribution in [1.29, 1.82) is 0 Å². The van der Waals surface area contributed by atoms with Gasteiger partial charge in [-0.05, 0) is 37.1 Å². The van der Waals surface area contributed by atoms with Crippen molar-refractivity contribution in [2.45, 2.75) is 25.3 Å². The molecular weight excluding hydrogens is 366 g/mol. The van der Waals surface area contributed by atoms with Gasteiger partial charge in [-0.15, -0.1) is 0 Å². The second kappa shape index (κ2) is 8.96. The Morgan fingerprint density at radius 2 is 1.90 bits per heavy atom. The Morgan fingerprint density at radius 3 is 2.69 bits per heavy atom. The number of methoxy groups -OCH3 is 2. The molecule has 29 heavy (non-hydrogen) atoms. The zero-order valence-electron chi connectivity index (χ0n) is 16.8. The monoisotopic (exact) mass is 391 g/mol. The van der Waals surface area contributed by atoms with Crippen LogP contribution in [-0.4, -0.2) is 52.1 Å². The fourth-order valence-corrected chi connectivity index (χ4v) is 4.02. The molecule has 0 spiro atoms. The lowest BCUT2D eigenvalue weighted by molar-refractivity contribution is 0.193. The predicted molar refractivity (Wildman–Crippen MR) is 110 cm³/mol. The van der Waals surface area contributed by atoms with E-state index in [0.29, 0.717) is 24.0 Å². The Morgan fingerprint density at radius 1 is 1.03 bits per heavy atom. The van der Waals surface area contributed by atoms with Crippen molar-refractivity contribution in [2.75, 3.05) is 27.3 Å². The number of piperidine rings is 1. The third-order valence-corrected chi connectivity index (χ3v) is 5.37. The first-order valence-corrected chi connectivity index (χ1v) is 9.78. The maximum atomic E-state index is 5.56. The van der Waals surface area contributed by atoms with E-state index in [4.69, 9.17) is 9.47 Å². The van der Waals surface area contributed by atoms with E-state index in [9.17, 15) is 0 Å². The molecular formula is C22H25N5O2. The van der Waals surface area contributed by atoms with Gasteiger partial charge in [-0.25, -0.2) is 9.97 Å². The molecule has 1 atom stereocenters. The molecule has 7 heteroatoms. The topological polar surface area (TPSA) is 73.3 Å². The summed E-state index contributed by atoms with van der Waals surface area (Å²) in [6, 6.07) is 5.84. The summed E-state index contributed by atoms with van der Waals surface area (Å²) in [5.74, 6) is 1.75. The average molecular weight is 391 g/mol. The second-order valence-electron chi connectivity index (χ2n) is 7.12. The van der Waals surface area contributed by atoms with E-state index in [-0.39, 0.29) is 0 Å². The van der Waals surface area contributed by atoms with E-state index >= 15 is 0 Å². The van der Waals surface area contributed by atoms with E-state index in [2.05, 4.69) is 24.8 Å². The molecule has 3 aromatic rings. The van der Waals surface area contributed by atoms with Crippen molar-refractivity contribution < 1.29 is 9.47 Å². The Kier molecular flexibility index (Phi) is 5.95. The van der Waals surface area contributed by atoms with Crippen LogP contribution in [0.3, 0.4) is 0 Å². The summed E-state index contributed by atoms with van der Waals surface area (Å²) in [6.45, 7) is 2.65. The van der Waals surface area contributed by atoms with Gasteiger partial charge in [0.15, 0.2) is 11.5 Å². The highest BCUT2D eigenvalue weighted by atomic mass is 16.5. The van der Waals surface area contributed by atoms with Crippen molar-refractivity contribution in [1.82, 2.24) is 24.8 Å². The maximum Gasteiger partial charge on any atom is 0.183 e. The molecule has 4 heterocycles. The first-order valence-electron chi connectivity index (χ1n) is 9.78. The van der Waals surface area contributed by atoms with Gasteiger partial charge in [0.05, 0.1) is 19.9 Å². The number of rotatable bonds is 6. The molecule has 0 amide bonds. The average Bonchev–Trinajstić information content (AvgIpc) is 2.79. The van der Waals surface area contributed by atoms with Crippen LogP contribution >= 0.6 is 0 Å². The Balaban J connectivity index is 1.56. The summed E-state index contributed by atoms with van der Waals surface area (Å²) in [5, 5.41) is 0. The van der Waals surface area contributed by atoms with Gasteiger partial charge in [-0.1, -0.05) is 0 Å². The van der Waals surface area contributed by atoms with Crippen LogP contribution in [0.15, 0.2) is 49.3 Å². The van der Waals surface area contributed by atoms with Crippen LogP contribution in [-0.2, 0) is 6.54 Å². The molecule has 7 nitrogen and oxygen atoms in total. The van der Waals surface area contributed by atoms with E-state index < -0.39 is 0 Å². The van der Waals surface area contributed by atoms with Crippen LogP contribution < -0.4 is 9.47 Å². The highest BCUT2D eigenvalue weighted by Crippen LogP contribution is 2.34. The van der Waals surface area contributed by atoms with Gasteiger partial charge in [0, 0.05) is 55.4 Å². The molecule has 0 saturated carbocycles. The molecule has 0 radical (unpaired) electrons. The van der Waals surface area contributed by atoms with E-state index in [1.165, 1.54) is 0 Å².